The standard InChI is InChI=1S/C17H29NO3/c1-7-10-18-16(17(21-6)12(2)3)14-9-8-13(19-4)11-15(14)20-5/h8-9,11-12,16-18H,7,10H2,1-6H3. The molecule has 2 unspecified atom stereocenters. The molecule has 0 aromatic heterocycles. The minimum absolute atomic E-state index is 0.0823. The SMILES string of the molecule is CCCNC(c1ccc(OC)cc1OC)C(OC)C(C)C. The van der Waals surface area contributed by atoms with Gasteiger partial charge in [0, 0.05) is 18.7 Å². The first-order valence-electron chi connectivity index (χ1n) is 7.57. The molecule has 120 valence electrons. The number of hydrogen-bond donors (Lipinski definition) is 1. The fourth-order valence-electron chi connectivity index (χ4n) is 2.57. The predicted octanol–water partition coefficient (Wildman–Crippen LogP) is 3.42. The summed E-state index contributed by atoms with van der Waals surface area (Å²) in [6.07, 6.45) is 1.16. The van der Waals surface area contributed by atoms with Gasteiger partial charge in [-0.3, -0.25) is 0 Å². The lowest BCUT2D eigenvalue weighted by molar-refractivity contribution is 0.0320. The highest BCUT2D eigenvalue weighted by Crippen LogP contribution is 2.33. The molecule has 4 heteroatoms. The van der Waals surface area contributed by atoms with Crippen LogP contribution in [0.2, 0.25) is 0 Å². The average molecular weight is 295 g/mol. The van der Waals surface area contributed by atoms with E-state index in [2.05, 4.69) is 32.2 Å². The van der Waals surface area contributed by atoms with E-state index < -0.39 is 0 Å². The maximum absolute atomic E-state index is 5.73. The lowest BCUT2D eigenvalue weighted by Gasteiger charge is -2.31. The summed E-state index contributed by atoms with van der Waals surface area (Å²) in [5, 5.41) is 3.58. The fraction of sp³-hybridized carbons (Fsp3) is 0.647. The molecular weight excluding hydrogens is 266 g/mol. The van der Waals surface area contributed by atoms with E-state index >= 15 is 0 Å². The van der Waals surface area contributed by atoms with E-state index in [1.54, 1.807) is 21.3 Å². The molecule has 1 aromatic carbocycles. The highest BCUT2D eigenvalue weighted by atomic mass is 16.5. The van der Waals surface area contributed by atoms with Crippen LogP contribution in [0.15, 0.2) is 18.2 Å². The maximum atomic E-state index is 5.73. The molecule has 0 amide bonds. The summed E-state index contributed by atoms with van der Waals surface area (Å²) >= 11 is 0. The van der Waals surface area contributed by atoms with Gasteiger partial charge in [-0.15, -0.1) is 0 Å². The molecule has 4 nitrogen and oxygen atoms in total. The molecule has 0 bridgehead atoms. The van der Waals surface area contributed by atoms with Crippen molar-refractivity contribution in [3.8, 4) is 11.5 Å². The van der Waals surface area contributed by atoms with Crippen LogP contribution < -0.4 is 14.8 Å². The third kappa shape index (κ3) is 4.61. The molecule has 21 heavy (non-hydrogen) atoms. The van der Waals surface area contributed by atoms with Crippen molar-refractivity contribution in [2.24, 2.45) is 5.92 Å². The van der Waals surface area contributed by atoms with Gasteiger partial charge in [0.25, 0.3) is 0 Å². The highest BCUT2D eigenvalue weighted by Gasteiger charge is 2.28. The van der Waals surface area contributed by atoms with Gasteiger partial charge in [0.15, 0.2) is 0 Å². The number of nitrogens with one attached hydrogen (secondary N) is 1. The van der Waals surface area contributed by atoms with E-state index in [4.69, 9.17) is 14.2 Å². The maximum Gasteiger partial charge on any atom is 0.127 e. The Labute approximate surface area is 128 Å². The molecule has 1 rings (SSSR count). The van der Waals surface area contributed by atoms with E-state index in [1.165, 1.54) is 0 Å². The van der Waals surface area contributed by atoms with E-state index in [9.17, 15) is 0 Å². The predicted molar refractivity (Wildman–Crippen MR) is 86.2 cm³/mol. The number of rotatable bonds is 9. The molecular formula is C17H29NO3. The molecule has 1 aromatic rings. The van der Waals surface area contributed by atoms with Crippen molar-refractivity contribution in [1.29, 1.82) is 0 Å². The van der Waals surface area contributed by atoms with Gasteiger partial charge < -0.3 is 19.5 Å². The van der Waals surface area contributed by atoms with Gasteiger partial charge in [-0.05, 0) is 31.0 Å². The van der Waals surface area contributed by atoms with Crippen LogP contribution in [0, 0.1) is 5.92 Å². The van der Waals surface area contributed by atoms with Crippen LogP contribution in [-0.2, 0) is 4.74 Å². The Kier molecular flexibility index (Phi) is 7.54. The zero-order valence-electron chi connectivity index (χ0n) is 14.1. The molecule has 0 radical (unpaired) electrons. The van der Waals surface area contributed by atoms with E-state index in [1.807, 2.05) is 12.1 Å². The third-order valence-corrected chi connectivity index (χ3v) is 3.65. The number of benzene rings is 1. The van der Waals surface area contributed by atoms with Crippen molar-refractivity contribution in [1.82, 2.24) is 5.32 Å². The first-order chi connectivity index (χ1) is 10.1. The van der Waals surface area contributed by atoms with E-state index in [0.717, 1.165) is 30.0 Å². The van der Waals surface area contributed by atoms with Crippen LogP contribution in [0.4, 0.5) is 0 Å². The Morgan fingerprint density at radius 3 is 2.29 bits per heavy atom. The minimum atomic E-state index is 0.0823. The molecule has 0 spiro atoms. The van der Waals surface area contributed by atoms with Gasteiger partial charge in [0.2, 0.25) is 0 Å². The van der Waals surface area contributed by atoms with Gasteiger partial charge in [-0.1, -0.05) is 20.8 Å². The number of hydrogen-bond acceptors (Lipinski definition) is 4. The third-order valence-electron chi connectivity index (χ3n) is 3.65. The largest absolute Gasteiger partial charge is 0.497 e. The van der Waals surface area contributed by atoms with Gasteiger partial charge in [-0.2, -0.15) is 0 Å². The minimum Gasteiger partial charge on any atom is -0.497 e. The second kappa shape index (κ2) is 8.90. The van der Waals surface area contributed by atoms with Crippen LogP contribution in [0.3, 0.4) is 0 Å². The monoisotopic (exact) mass is 295 g/mol. The van der Waals surface area contributed by atoms with Crippen LogP contribution in [0.25, 0.3) is 0 Å². The van der Waals surface area contributed by atoms with Gasteiger partial charge in [-0.25, -0.2) is 0 Å². The van der Waals surface area contributed by atoms with Crippen molar-refractivity contribution in [2.75, 3.05) is 27.9 Å². The van der Waals surface area contributed by atoms with Gasteiger partial charge in [0.05, 0.1) is 26.4 Å². The first-order valence-corrected chi connectivity index (χ1v) is 7.57. The fourth-order valence-corrected chi connectivity index (χ4v) is 2.57. The van der Waals surface area contributed by atoms with Gasteiger partial charge >= 0.3 is 0 Å². The summed E-state index contributed by atoms with van der Waals surface area (Å²) in [6.45, 7) is 7.44. The Bertz CT molecular complexity index is 420. The molecule has 0 saturated heterocycles. The summed E-state index contributed by atoms with van der Waals surface area (Å²) < 4.78 is 16.6. The van der Waals surface area contributed by atoms with Crippen molar-refractivity contribution in [3.05, 3.63) is 23.8 Å². The first kappa shape index (κ1) is 17.8. The van der Waals surface area contributed by atoms with Crippen LogP contribution in [0.5, 0.6) is 11.5 Å². The molecule has 0 aliphatic rings. The molecule has 0 aliphatic heterocycles. The lowest BCUT2D eigenvalue weighted by atomic mass is 9.92. The van der Waals surface area contributed by atoms with Crippen molar-refractivity contribution < 1.29 is 14.2 Å². The molecule has 2 atom stereocenters. The Morgan fingerprint density at radius 2 is 1.81 bits per heavy atom. The normalized spacial score (nSPS) is 14.0. The summed E-state index contributed by atoms with van der Waals surface area (Å²) in [5.74, 6) is 2.02. The summed E-state index contributed by atoms with van der Waals surface area (Å²) in [4.78, 5) is 0. The highest BCUT2D eigenvalue weighted by molar-refractivity contribution is 5.43. The van der Waals surface area contributed by atoms with Gasteiger partial charge in [0.1, 0.15) is 11.5 Å². The quantitative estimate of drug-likeness (QED) is 0.758. The molecule has 0 heterocycles. The molecule has 1 N–H and O–H groups in total. The van der Waals surface area contributed by atoms with Crippen LogP contribution >= 0.6 is 0 Å². The van der Waals surface area contributed by atoms with E-state index in [0.29, 0.717) is 5.92 Å². The van der Waals surface area contributed by atoms with E-state index in [-0.39, 0.29) is 12.1 Å². The average Bonchev–Trinajstić information content (AvgIpc) is 2.50. The van der Waals surface area contributed by atoms with Crippen molar-refractivity contribution >= 4 is 0 Å². The summed E-state index contributed by atoms with van der Waals surface area (Å²) in [6, 6.07) is 6.03. The Morgan fingerprint density at radius 1 is 1.10 bits per heavy atom. The summed E-state index contributed by atoms with van der Waals surface area (Å²) in [7, 11) is 5.11. The summed E-state index contributed by atoms with van der Waals surface area (Å²) in [5.41, 5.74) is 1.10. The second-order valence-electron chi connectivity index (χ2n) is 5.48. The Hall–Kier alpha value is -1.26. The Balaban J connectivity index is 3.17. The molecule has 0 aliphatic carbocycles. The number of methoxy groups -OCH3 is 3. The van der Waals surface area contributed by atoms with Crippen molar-refractivity contribution in [3.63, 3.8) is 0 Å². The topological polar surface area (TPSA) is 39.7 Å². The van der Waals surface area contributed by atoms with Crippen LogP contribution in [0.1, 0.15) is 38.8 Å². The zero-order chi connectivity index (χ0) is 15.8. The lowest BCUT2D eigenvalue weighted by Crippen LogP contribution is -2.37. The number of ether oxygens (including phenoxy) is 3. The van der Waals surface area contributed by atoms with Crippen LogP contribution in [-0.4, -0.2) is 34.0 Å². The smallest absolute Gasteiger partial charge is 0.127 e. The second-order valence-corrected chi connectivity index (χ2v) is 5.48. The molecule has 0 fully saturated rings. The van der Waals surface area contributed by atoms with Crippen molar-refractivity contribution in [2.45, 2.75) is 39.3 Å². The zero-order valence-corrected chi connectivity index (χ0v) is 14.1. The molecule has 0 saturated carbocycles.